The Balaban J connectivity index is 1.59. The highest BCUT2D eigenvalue weighted by Crippen LogP contribution is 2.35. The fraction of sp³-hybridized carbons (Fsp3) is 0.391. The van der Waals surface area contributed by atoms with Gasteiger partial charge in [-0.3, -0.25) is 14.6 Å². The van der Waals surface area contributed by atoms with E-state index in [1.165, 1.54) is 0 Å². The van der Waals surface area contributed by atoms with Crippen LogP contribution in [0.5, 0.6) is 0 Å². The number of hydrogen-bond donors (Lipinski definition) is 1. The van der Waals surface area contributed by atoms with Gasteiger partial charge in [-0.2, -0.15) is 5.10 Å². The Kier molecular flexibility index (Phi) is 5.25. The van der Waals surface area contributed by atoms with Gasteiger partial charge in [0.05, 0.1) is 17.8 Å². The summed E-state index contributed by atoms with van der Waals surface area (Å²) >= 11 is 0. The predicted octanol–water partition coefficient (Wildman–Crippen LogP) is 3.97. The first kappa shape index (κ1) is 19.2. The summed E-state index contributed by atoms with van der Waals surface area (Å²) in [6.45, 7) is 5.78. The SMILES string of the molecule is CCCn1nc(-c2coc3ccccc23)c2cnc(C(O)N3CCCOCC3)cc21. The van der Waals surface area contributed by atoms with Crippen molar-refractivity contribution in [2.75, 3.05) is 26.3 Å². The van der Waals surface area contributed by atoms with Crippen molar-refractivity contribution in [2.24, 2.45) is 0 Å². The van der Waals surface area contributed by atoms with Gasteiger partial charge >= 0.3 is 0 Å². The standard InChI is InChI=1S/C23H26N4O3/c1-2-8-27-20-13-19(23(28)26-9-5-11-29-12-10-26)24-14-17(20)22(25-27)18-15-30-21-7-4-3-6-16(18)21/h3-4,6-7,13-15,23,28H,2,5,8-12H2,1H3. The first-order valence-corrected chi connectivity index (χ1v) is 10.6. The summed E-state index contributed by atoms with van der Waals surface area (Å²) in [6.07, 6.45) is 4.72. The summed E-state index contributed by atoms with van der Waals surface area (Å²) in [5.74, 6) is 0. The molecule has 3 aromatic heterocycles. The van der Waals surface area contributed by atoms with Gasteiger partial charge in [0.25, 0.3) is 0 Å². The number of ether oxygens (including phenoxy) is 1. The number of aliphatic hydroxyl groups excluding tert-OH is 1. The highest BCUT2D eigenvalue weighted by atomic mass is 16.5. The molecule has 7 heteroatoms. The molecular weight excluding hydrogens is 380 g/mol. The van der Waals surface area contributed by atoms with E-state index in [-0.39, 0.29) is 0 Å². The van der Waals surface area contributed by atoms with E-state index in [1.54, 1.807) is 6.26 Å². The first-order chi connectivity index (χ1) is 14.8. The highest BCUT2D eigenvalue weighted by molar-refractivity contribution is 6.02. The second kappa shape index (κ2) is 8.18. The number of aromatic nitrogens is 3. The van der Waals surface area contributed by atoms with Crippen LogP contribution in [0.25, 0.3) is 33.1 Å². The van der Waals surface area contributed by atoms with Gasteiger partial charge in [-0.1, -0.05) is 25.1 Å². The summed E-state index contributed by atoms with van der Waals surface area (Å²) < 4.78 is 13.3. The number of aryl methyl sites for hydroxylation is 1. The molecule has 0 saturated carbocycles. The van der Waals surface area contributed by atoms with E-state index in [4.69, 9.17) is 14.3 Å². The van der Waals surface area contributed by atoms with Crippen LogP contribution in [-0.2, 0) is 11.3 Å². The lowest BCUT2D eigenvalue weighted by Crippen LogP contribution is -2.31. The molecule has 1 N–H and O–H groups in total. The van der Waals surface area contributed by atoms with Crippen LogP contribution in [-0.4, -0.2) is 51.1 Å². The van der Waals surface area contributed by atoms with Gasteiger partial charge in [0.1, 0.15) is 17.5 Å². The van der Waals surface area contributed by atoms with Crippen LogP contribution in [0.3, 0.4) is 0 Å². The molecule has 5 rings (SSSR count). The minimum Gasteiger partial charge on any atom is -0.464 e. The molecule has 156 valence electrons. The van der Waals surface area contributed by atoms with Crippen molar-refractivity contribution in [2.45, 2.75) is 32.5 Å². The third kappa shape index (κ3) is 3.39. The average Bonchev–Trinajstić information content (AvgIpc) is 3.23. The van der Waals surface area contributed by atoms with Crippen LogP contribution < -0.4 is 0 Å². The summed E-state index contributed by atoms with van der Waals surface area (Å²) in [6, 6.07) is 9.95. The van der Waals surface area contributed by atoms with E-state index in [9.17, 15) is 5.11 Å². The molecule has 1 unspecified atom stereocenters. The zero-order valence-corrected chi connectivity index (χ0v) is 17.1. The largest absolute Gasteiger partial charge is 0.464 e. The lowest BCUT2D eigenvalue weighted by atomic mass is 10.1. The van der Waals surface area contributed by atoms with Crippen molar-refractivity contribution in [1.82, 2.24) is 19.7 Å². The molecule has 1 aliphatic rings. The Morgan fingerprint density at radius 3 is 2.97 bits per heavy atom. The number of pyridine rings is 1. The van der Waals surface area contributed by atoms with Crippen LogP contribution in [0.15, 0.2) is 47.2 Å². The molecular formula is C23H26N4O3. The number of fused-ring (bicyclic) bond motifs is 2. The van der Waals surface area contributed by atoms with Gasteiger partial charge in [0.15, 0.2) is 6.23 Å². The Labute approximate surface area is 174 Å². The molecule has 1 aliphatic heterocycles. The average molecular weight is 406 g/mol. The van der Waals surface area contributed by atoms with Crippen molar-refractivity contribution < 1.29 is 14.3 Å². The Bertz CT molecular complexity index is 1160. The molecule has 4 heterocycles. The number of para-hydroxylation sites is 1. The van der Waals surface area contributed by atoms with Crippen molar-refractivity contribution >= 4 is 21.9 Å². The van der Waals surface area contributed by atoms with E-state index in [0.29, 0.717) is 18.8 Å². The van der Waals surface area contributed by atoms with E-state index in [0.717, 1.165) is 65.7 Å². The molecule has 1 fully saturated rings. The van der Waals surface area contributed by atoms with E-state index in [1.807, 2.05) is 46.1 Å². The molecule has 1 aromatic carbocycles. The second-order valence-electron chi connectivity index (χ2n) is 7.72. The number of furan rings is 1. The minimum absolute atomic E-state index is 0.630. The molecule has 0 amide bonds. The quantitative estimate of drug-likeness (QED) is 0.540. The van der Waals surface area contributed by atoms with Crippen LogP contribution in [0.1, 0.15) is 31.7 Å². The first-order valence-electron chi connectivity index (χ1n) is 10.6. The third-order valence-corrected chi connectivity index (χ3v) is 5.70. The van der Waals surface area contributed by atoms with Crippen LogP contribution in [0.4, 0.5) is 0 Å². The lowest BCUT2D eigenvalue weighted by molar-refractivity contribution is -0.00247. The van der Waals surface area contributed by atoms with E-state index in [2.05, 4.69) is 11.9 Å². The molecule has 0 bridgehead atoms. The van der Waals surface area contributed by atoms with Crippen molar-refractivity contribution in [3.05, 3.63) is 48.5 Å². The summed E-state index contributed by atoms with van der Waals surface area (Å²) in [5, 5.41) is 17.8. The molecule has 0 radical (unpaired) electrons. The Hall–Kier alpha value is -2.74. The maximum atomic E-state index is 10.9. The van der Waals surface area contributed by atoms with Gasteiger partial charge in [0, 0.05) is 48.8 Å². The smallest absolute Gasteiger partial charge is 0.150 e. The summed E-state index contributed by atoms with van der Waals surface area (Å²) in [5.41, 5.74) is 4.29. The number of aliphatic hydroxyl groups is 1. The van der Waals surface area contributed by atoms with E-state index >= 15 is 0 Å². The highest BCUT2D eigenvalue weighted by Gasteiger charge is 2.23. The fourth-order valence-corrected chi connectivity index (χ4v) is 4.17. The number of nitrogens with zero attached hydrogens (tertiary/aromatic N) is 4. The summed E-state index contributed by atoms with van der Waals surface area (Å²) in [4.78, 5) is 6.64. The van der Waals surface area contributed by atoms with Crippen LogP contribution >= 0.6 is 0 Å². The Morgan fingerprint density at radius 2 is 2.07 bits per heavy atom. The van der Waals surface area contributed by atoms with Gasteiger partial charge in [-0.25, -0.2) is 0 Å². The zero-order valence-electron chi connectivity index (χ0n) is 17.1. The summed E-state index contributed by atoms with van der Waals surface area (Å²) in [7, 11) is 0. The van der Waals surface area contributed by atoms with E-state index < -0.39 is 6.23 Å². The molecule has 30 heavy (non-hydrogen) atoms. The maximum Gasteiger partial charge on any atom is 0.150 e. The molecule has 1 saturated heterocycles. The molecule has 0 spiro atoms. The maximum absolute atomic E-state index is 10.9. The fourth-order valence-electron chi connectivity index (χ4n) is 4.17. The molecule has 4 aromatic rings. The topological polar surface area (TPSA) is 76.5 Å². The zero-order chi connectivity index (χ0) is 20.5. The predicted molar refractivity (Wildman–Crippen MR) is 115 cm³/mol. The Morgan fingerprint density at radius 1 is 1.17 bits per heavy atom. The second-order valence-corrected chi connectivity index (χ2v) is 7.72. The van der Waals surface area contributed by atoms with Crippen LogP contribution in [0, 0.1) is 0 Å². The minimum atomic E-state index is -0.751. The number of rotatable bonds is 5. The van der Waals surface area contributed by atoms with Gasteiger partial charge in [-0.05, 0) is 25.0 Å². The number of hydrogen-bond acceptors (Lipinski definition) is 6. The van der Waals surface area contributed by atoms with Gasteiger partial charge in [-0.15, -0.1) is 0 Å². The van der Waals surface area contributed by atoms with Crippen molar-refractivity contribution in [3.63, 3.8) is 0 Å². The molecule has 0 aliphatic carbocycles. The molecule has 7 nitrogen and oxygen atoms in total. The molecule has 1 atom stereocenters. The van der Waals surface area contributed by atoms with Crippen molar-refractivity contribution in [3.8, 4) is 11.3 Å². The lowest BCUT2D eigenvalue weighted by Gasteiger charge is -2.25. The monoisotopic (exact) mass is 406 g/mol. The normalized spacial score (nSPS) is 16.9. The van der Waals surface area contributed by atoms with Gasteiger partial charge < -0.3 is 14.3 Å². The third-order valence-electron chi connectivity index (χ3n) is 5.70. The van der Waals surface area contributed by atoms with Gasteiger partial charge in [0.2, 0.25) is 0 Å². The van der Waals surface area contributed by atoms with Crippen molar-refractivity contribution in [1.29, 1.82) is 0 Å². The van der Waals surface area contributed by atoms with Crippen LogP contribution in [0.2, 0.25) is 0 Å². The number of benzene rings is 1.